The second kappa shape index (κ2) is 51.0. The Labute approximate surface area is 717 Å². The van der Waals surface area contributed by atoms with Crippen LogP contribution < -0.4 is 79.0 Å². The van der Waals surface area contributed by atoms with Crippen LogP contribution in [0.15, 0.2) is 22.4 Å². The molecule has 2 aromatic heterocycles. The maximum absolute atomic E-state index is 15.2. The number of aromatic nitrogens is 6. The van der Waals surface area contributed by atoms with Gasteiger partial charge >= 0.3 is 0 Å². The van der Waals surface area contributed by atoms with Gasteiger partial charge in [-0.1, -0.05) is 43.5 Å². The lowest BCUT2D eigenvalue weighted by atomic mass is 9.84. The van der Waals surface area contributed by atoms with Crippen LogP contribution in [0.3, 0.4) is 0 Å². The van der Waals surface area contributed by atoms with Gasteiger partial charge in [0.05, 0.1) is 87.0 Å². The number of aryl methyl sites for hydroxylation is 4. The zero-order valence-corrected chi connectivity index (χ0v) is 70.5. The number of carbonyl (C=O) groups is 8. The number of aliphatic hydroxyl groups excluding tert-OH is 10. The molecule has 26 atom stereocenters. The van der Waals surface area contributed by atoms with Gasteiger partial charge in [0.25, 0.3) is 0 Å². The molecule has 5 fully saturated rings. The quantitative estimate of drug-likeness (QED) is 0.0166. The summed E-state index contributed by atoms with van der Waals surface area (Å²) < 4.78 is 38.0. The number of aliphatic hydroxyl groups is 10. The molecule has 2 aromatic rings. The van der Waals surface area contributed by atoms with Crippen molar-refractivity contribution >= 4 is 59.1 Å². The van der Waals surface area contributed by atoms with Crippen molar-refractivity contribution in [1.82, 2.24) is 60.6 Å². The first-order chi connectivity index (χ1) is 58.9. The maximum atomic E-state index is 15.2. The van der Waals surface area contributed by atoms with Gasteiger partial charge in [-0.2, -0.15) is 0 Å². The number of nitrogens with two attached hydrogens (primary N) is 11. The van der Waals surface area contributed by atoms with Crippen LogP contribution in [0.5, 0.6) is 0 Å². The number of primary amides is 1. The number of hydrogen-bond acceptors (Lipinski definition) is 36. The van der Waals surface area contributed by atoms with Gasteiger partial charge in [0.15, 0.2) is 30.3 Å². The molecule has 5 heterocycles. The fourth-order valence-corrected chi connectivity index (χ4v) is 15.4. The Balaban J connectivity index is 0.958. The van der Waals surface area contributed by atoms with Crippen molar-refractivity contribution in [1.29, 1.82) is 0 Å². The molecule has 0 aromatic carbocycles. The van der Waals surface area contributed by atoms with Crippen molar-refractivity contribution in [3.05, 3.63) is 23.8 Å². The van der Waals surface area contributed by atoms with E-state index < -0.39 is 251 Å². The Bertz CT molecular complexity index is 3720. The standard InChI is InChI=1S/C75H135N25O24/c1-3-5-6-7-16-54(106)91-45(15-10-19-87-74(83)84)46(102)25-38(28-90-75(85)86)71(118)98(22-12-24-100-32-40(93-95-100)14-9-18-53(105)89-30-48-62(112)64(114)66(116)73(122-48)124-70-44(79)27-43(78)69(67(70)117)120-50-37-119-49(36-101)60(110)57(50)81)35-56(108)96(20-4-2)34-55(107)97(33-51(80)103)21-11-23-99-31-39(92-94-99)13-8-17-52(104)88-29-47-61(111)63(113)58(82)72(121-47)123-68-42(77)26-41(76)59(109)65(68)115/h31-32,38,41-45,47-50,57-70,72-73,101,109-117H,3-30,33-37,76-79,81-82H2,1-2H3,(H2,80,103)(H,88,104)(H,89,105)(H,91,106)(H4,83,84,87)(H4,85,86,90)/t38-,41?,42?,43?,44?,45-,47?,48?,49?,50?,57?,58?,59?,60?,61?,62?,63?,64?,65?,66?,67?,68?,69?,70?,72?,73?/m0/s1. The summed E-state index contributed by atoms with van der Waals surface area (Å²) in [5.74, 6) is -6.79. The monoisotopic (exact) mass is 1770 g/mol. The van der Waals surface area contributed by atoms with Gasteiger partial charge in [0.1, 0.15) is 85.5 Å². The molecule has 3 saturated heterocycles. The molecule has 0 radical (unpaired) electrons. The lowest BCUT2D eigenvalue weighted by molar-refractivity contribution is -0.321. The second-order valence-electron chi connectivity index (χ2n) is 32.5. The molecule has 49 heteroatoms. The SMILES string of the molecule is CCCCCCC(=O)N[C@@H](CCCN=C(N)N)C(=O)C[C@@H](CN=C(N)N)C(=O)N(CCCn1cc(CCCC(=O)NCC2OC(OC3C(N)CC(N)C(OC4COC(CO)C(O)C4N)C3O)C(O)C(O)C2O)nn1)CC(=O)N(CCC)CC(=O)N(CCCn1cc(CCCC(=O)NCC2OC(OC3C(N)CC(N)C(O)C3O)C(N)C(O)C2O)nn1)CC(N)=O. The predicted octanol–water partition coefficient (Wildman–Crippen LogP) is -12.6. The normalized spacial score (nSPS) is 30.0. The van der Waals surface area contributed by atoms with Crippen molar-refractivity contribution < 1.29 is 118 Å². The van der Waals surface area contributed by atoms with Gasteiger partial charge in [0.2, 0.25) is 41.4 Å². The number of hydrogen-bond donors (Lipinski definition) is 24. The minimum atomic E-state index is -1.86. The van der Waals surface area contributed by atoms with E-state index in [1.54, 1.807) is 19.3 Å². The summed E-state index contributed by atoms with van der Waals surface area (Å²) >= 11 is 0. The van der Waals surface area contributed by atoms with Gasteiger partial charge in [-0.3, -0.25) is 57.7 Å². The van der Waals surface area contributed by atoms with E-state index in [1.165, 1.54) is 24.1 Å². The lowest BCUT2D eigenvalue weighted by Gasteiger charge is -2.47. The van der Waals surface area contributed by atoms with Crippen LogP contribution in [0.25, 0.3) is 0 Å². The summed E-state index contributed by atoms with van der Waals surface area (Å²) in [6.07, 6.45) is -17.5. The number of amides is 7. The number of aliphatic imine (C=N–C) groups is 2. The van der Waals surface area contributed by atoms with Gasteiger partial charge in [-0.15, -0.1) is 10.2 Å². The Kier molecular flexibility index (Phi) is 42.4. The van der Waals surface area contributed by atoms with Crippen molar-refractivity contribution in [3.63, 3.8) is 0 Å². The van der Waals surface area contributed by atoms with E-state index in [0.29, 0.717) is 37.1 Å². The Hall–Kier alpha value is -8.10. The predicted molar refractivity (Wildman–Crippen MR) is 438 cm³/mol. The second-order valence-corrected chi connectivity index (χ2v) is 32.5. The molecule has 24 unspecified atom stereocenters. The molecule has 7 amide bonds. The summed E-state index contributed by atoms with van der Waals surface area (Å²) in [6, 6.07) is -6.90. The molecule has 2 saturated carbocycles. The first kappa shape index (κ1) is 103. The number of ketones is 1. The first-order valence-electron chi connectivity index (χ1n) is 42.5. The number of Topliss-reactive ketones (excluding diaryl/α,β-unsaturated/α-hetero) is 1. The molecule has 704 valence electrons. The Morgan fingerprint density at radius 3 is 1.62 bits per heavy atom. The Morgan fingerprint density at radius 1 is 0.532 bits per heavy atom. The average molecular weight is 1770 g/mol. The number of nitrogens with one attached hydrogen (secondary N) is 3. The van der Waals surface area contributed by atoms with Gasteiger partial charge in [-0.05, 0) is 77.0 Å². The van der Waals surface area contributed by atoms with E-state index >= 15 is 4.79 Å². The summed E-state index contributed by atoms with van der Waals surface area (Å²) in [6.45, 7) is 0.465. The summed E-state index contributed by atoms with van der Waals surface area (Å²) in [5.41, 5.74) is 66.5. The molecular weight excluding hydrogens is 1630 g/mol. The van der Waals surface area contributed by atoms with Crippen LogP contribution in [-0.4, -0.2) is 386 Å². The fourth-order valence-electron chi connectivity index (χ4n) is 15.4. The highest BCUT2D eigenvalue weighted by Gasteiger charge is 2.53. The van der Waals surface area contributed by atoms with E-state index in [0.717, 1.165) is 19.3 Å². The van der Waals surface area contributed by atoms with E-state index in [-0.39, 0.29) is 136 Å². The summed E-state index contributed by atoms with van der Waals surface area (Å²) in [7, 11) is 0. The number of carbonyl (C=O) groups excluding carboxylic acids is 8. The smallest absolute Gasteiger partial charge is 0.242 e. The van der Waals surface area contributed by atoms with E-state index in [2.05, 4.69) is 46.6 Å². The zero-order chi connectivity index (χ0) is 91.2. The topological polar surface area (TPSA) is 812 Å². The van der Waals surface area contributed by atoms with Crippen LogP contribution in [0.1, 0.15) is 134 Å². The molecule has 124 heavy (non-hydrogen) atoms. The maximum Gasteiger partial charge on any atom is 0.242 e. The molecule has 0 spiro atoms. The van der Waals surface area contributed by atoms with Crippen LogP contribution in [-0.2, 0) is 92.7 Å². The molecule has 0 bridgehead atoms. The van der Waals surface area contributed by atoms with Crippen molar-refractivity contribution in [2.45, 2.75) is 301 Å². The highest BCUT2D eigenvalue weighted by molar-refractivity contribution is 5.94. The van der Waals surface area contributed by atoms with Crippen molar-refractivity contribution in [2.75, 3.05) is 78.7 Å². The molecule has 5 aliphatic rings. The number of rotatable bonds is 51. The van der Waals surface area contributed by atoms with Crippen molar-refractivity contribution in [2.24, 2.45) is 79.0 Å². The van der Waals surface area contributed by atoms with E-state index in [1.807, 2.05) is 6.92 Å². The van der Waals surface area contributed by atoms with Crippen LogP contribution in [0, 0.1) is 5.92 Å². The zero-order valence-electron chi connectivity index (χ0n) is 70.5. The molecule has 35 N–H and O–H groups in total. The average Bonchev–Trinajstić information content (AvgIpc) is 0.844. The lowest BCUT2D eigenvalue weighted by Crippen LogP contribution is -2.68. The largest absolute Gasteiger partial charge is 0.394 e. The highest BCUT2D eigenvalue weighted by atomic mass is 16.7. The van der Waals surface area contributed by atoms with Crippen LogP contribution in [0.2, 0.25) is 0 Å². The molecule has 49 nitrogen and oxygen atoms in total. The third-order valence-corrected chi connectivity index (χ3v) is 22.5. The Morgan fingerprint density at radius 2 is 1.06 bits per heavy atom. The molecule has 2 aliphatic carbocycles. The van der Waals surface area contributed by atoms with Gasteiger partial charge < -0.3 is 173 Å². The van der Waals surface area contributed by atoms with Crippen molar-refractivity contribution in [3.8, 4) is 0 Å². The summed E-state index contributed by atoms with van der Waals surface area (Å²) in [5, 5.41) is 132. The van der Waals surface area contributed by atoms with Crippen LogP contribution in [0.4, 0.5) is 0 Å². The first-order valence-corrected chi connectivity index (χ1v) is 42.5. The number of ether oxygens (including phenoxy) is 6. The van der Waals surface area contributed by atoms with Gasteiger partial charge in [0, 0.05) is 115 Å². The van der Waals surface area contributed by atoms with Crippen LogP contribution >= 0.6 is 0 Å². The number of guanidine groups is 2. The number of unbranched alkanes of at least 4 members (excludes halogenated alkanes) is 3. The molecular formula is C75H135N25O24. The van der Waals surface area contributed by atoms with E-state index in [4.69, 9.17) is 91.5 Å². The summed E-state index contributed by atoms with van der Waals surface area (Å²) in [4.78, 5) is 123. The van der Waals surface area contributed by atoms with E-state index in [9.17, 15) is 84.6 Å². The number of nitrogens with zero attached hydrogens (tertiary/aromatic N) is 11. The minimum absolute atomic E-state index is 0.00268. The minimum Gasteiger partial charge on any atom is -0.394 e. The molecule has 7 rings (SSSR count). The third-order valence-electron chi connectivity index (χ3n) is 22.5. The fraction of sp³-hybridized carbons (Fsp3) is 0.813. The van der Waals surface area contributed by atoms with Gasteiger partial charge in [-0.25, -0.2) is 0 Å². The third kappa shape index (κ3) is 31.1. The highest BCUT2D eigenvalue weighted by Crippen LogP contribution is 2.33. The molecule has 3 aliphatic heterocycles.